The third-order valence-electron chi connectivity index (χ3n) is 4.35. The van der Waals surface area contributed by atoms with Crippen LogP contribution < -0.4 is 5.32 Å². The van der Waals surface area contributed by atoms with Crippen LogP contribution in [0.1, 0.15) is 25.7 Å². The van der Waals surface area contributed by atoms with Crippen LogP contribution in [-0.4, -0.2) is 22.2 Å². The zero-order valence-electron chi connectivity index (χ0n) is 12.0. The summed E-state index contributed by atoms with van der Waals surface area (Å²) >= 11 is 6.38. The number of aromatic nitrogens is 2. The van der Waals surface area contributed by atoms with E-state index in [4.69, 9.17) is 11.6 Å². The molecule has 4 rings (SSSR count). The van der Waals surface area contributed by atoms with Crippen molar-refractivity contribution in [1.82, 2.24) is 9.78 Å². The lowest BCUT2D eigenvalue weighted by Gasteiger charge is -2.16. The van der Waals surface area contributed by atoms with Crippen molar-refractivity contribution >= 4 is 34.0 Å². The Morgan fingerprint density at radius 2 is 2.10 bits per heavy atom. The predicted octanol–water partition coefficient (Wildman–Crippen LogP) is 3.92. The monoisotopic (exact) mass is 300 g/mol. The Bertz CT molecular complexity index is 785. The van der Waals surface area contributed by atoms with Crippen LogP contribution >= 0.6 is 11.6 Å². The average molecular weight is 301 g/mol. The molecular weight excluding hydrogens is 284 g/mol. The molecule has 5 heteroatoms. The lowest BCUT2D eigenvalue weighted by molar-refractivity contribution is 0.687. The van der Waals surface area contributed by atoms with Crippen molar-refractivity contribution in [2.75, 3.05) is 11.9 Å². The van der Waals surface area contributed by atoms with Crippen molar-refractivity contribution < 1.29 is 0 Å². The molecule has 0 atom stereocenters. The van der Waals surface area contributed by atoms with Gasteiger partial charge in [-0.05, 0) is 49.0 Å². The number of amidine groups is 1. The number of nitrogens with zero attached hydrogens (tertiary/aromatic N) is 3. The van der Waals surface area contributed by atoms with Crippen molar-refractivity contribution in [1.29, 1.82) is 0 Å². The van der Waals surface area contributed by atoms with E-state index in [1.807, 2.05) is 19.3 Å². The first kappa shape index (κ1) is 12.9. The predicted molar refractivity (Wildman–Crippen MR) is 87.1 cm³/mol. The highest BCUT2D eigenvalue weighted by Gasteiger charge is 2.22. The van der Waals surface area contributed by atoms with Gasteiger partial charge in [-0.3, -0.25) is 9.67 Å². The van der Waals surface area contributed by atoms with Gasteiger partial charge in [0.2, 0.25) is 0 Å². The van der Waals surface area contributed by atoms with E-state index < -0.39 is 0 Å². The van der Waals surface area contributed by atoms with Gasteiger partial charge in [0.25, 0.3) is 0 Å². The van der Waals surface area contributed by atoms with Gasteiger partial charge < -0.3 is 5.32 Å². The van der Waals surface area contributed by atoms with E-state index in [0.29, 0.717) is 5.02 Å². The third-order valence-corrected chi connectivity index (χ3v) is 4.63. The van der Waals surface area contributed by atoms with Gasteiger partial charge in [-0.2, -0.15) is 5.10 Å². The molecule has 2 aliphatic rings. The second-order valence-electron chi connectivity index (χ2n) is 5.74. The minimum Gasteiger partial charge on any atom is -0.340 e. The lowest BCUT2D eigenvalue weighted by Crippen LogP contribution is -2.14. The molecule has 0 fully saturated rings. The van der Waals surface area contributed by atoms with E-state index in [2.05, 4.69) is 21.5 Å². The third kappa shape index (κ3) is 2.14. The molecule has 0 amide bonds. The number of aliphatic imine (C=N–C) groups is 1. The first-order chi connectivity index (χ1) is 10.2. The van der Waals surface area contributed by atoms with Crippen LogP contribution in [0.15, 0.2) is 34.5 Å². The van der Waals surface area contributed by atoms with Crippen LogP contribution in [0.25, 0.3) is 10.9 Å². The first-order valence-electron chi connectivity index (χ1n) is 7.36. The summed E-state index contributed by atoms with van der Waals surface area (Å²) in [5.41, 5.74) is 4.88. The molecule has 4 nitrogen and oxygen atoms in total. The standard InChI is InChI=1S/C16H17ClN4/c1-21-15-11(9-19-21)6-12(7-14(15)17)20-16-13-5-3-2-4-10(13)8-18-16/h6-7,9H,2-5,8H2,1H3,(H,18,20). The molecule has 2 aromatic rings. The summed E-state index contributed by atoms with van der Waals surface area (Å²) in [4.78, 5) is 4.66. The summed E-state index contributed by atoms with van der Waals surface area (Å²) in [6.07, 6.45) is 6.75. The molecule has 21 heavy (non-hydrogen) atoms. The number of nitrogens with one attached hydrogen (secondary N) is 1. The van der Waals surface area contributed by atoms with Gasteiger partial charge in [-0.15, -0.1) is 0 Å². The molecule has 0 saturated carbocycles. The molecule has 0 unspecified atom stereocenters. The van der Waals surface area contributed by atoms with E-state index in [-0.39, 0.29) is 0 Å². The van der Waals surface area contributed by atoms with Gasteiger partial charge in [-0.25, -0.2) is 0 Å². The van der Waals surface area contributed by atoms with E-state index in [9.17, 15) is 0 Å². The van der Waals surface area contributed by atoms with Crippen LogP contribution in [-0.2, 0) is 7.05 Å². The SMILES string of the molecule is Cn1ncc2cc(NC3=NCC4=C3CCCC4)cc(Cl)c21. The van der Waals surface area contributed by atoms with Crippen LogP contribution in [0, 0.1) is 0 Å². The van der Waals surface area contributed by atoms with E-state index in [1.54, 1.807) is 4.68 Å². The van der Waals surface area contributed by atoms with Gasteiger partial charge >= 0.3 is 0 Å². The number of anilines is 1. The minimum atomic E-state index is 0.714. The molecule has 1 aromatic heterocycles. The Balaban J connectivity index is 1.67. The maximum Gasteiger partial charge on any atom is 0.128 e. The maximum atomic E-state index is 6.38. The molecule has 0 saturated heterocycles. The fourth-order valence-corrected chi connectivity index (χ4v) is 3.64. The molecule has 1 aliphatic carbocycles. The topological polar surface area (TPSA) is 42.2 Å². The summed E-state index contributed by atoms with van der Waals surface area (Å²) in [6, 6.07) is 4.04. The van der Waals surface area contributed by atoms with Crippen molar-refractivity contribution in [3.05, 3.63) is 34.5 Å². The number of hydrogen-bond acceptors (Lipinski definition) is 3. The maximum absolute atomic E-state index is 6.38. The summed E-state index contributed by atoms with van der Waals surface area (Å²) in [7, 11) is 1.90. The Labute approximate surface area is 128 Å². The zero-order chi connectivity index (χ0) is 14.4. The second kappa shape index (κ2) is 4.88. The highest BCUT2D eigenvalue weighted by molar-refractivity contribution is 6.35. The fraction of sp³-hybridized carbons (Fsp3) is 0.375. The Morgan fingerprint density at radius 1 is 1.24 bits per heavy atom. The van der Waals surface area contributed by atoms with Crippen molar-refractivity contribution in [3.8, 4) is 0 Å². The molecule has 108 valence electrons. The fourth-order valence-electron chi connectivity index (χ4n) is 3.29. The smallest absolute Gasteiger partial charge is 0.128 e. The molecule has 0 spiro atoms. The molecule has 0 radical (unpaired) electrons. The zero-order valence-corrected chi connectivity index (χ0v) is 12.7. The molecule has 0 bridgehead atoms. The number of halogens is 1. The first-order valence-corrected chi connectivity index (χ1v) is 7.74. The molecule has 1 aliphatic heterocycles. The van der Waals surface area contributed by atoms with Gasteiger partial charge in [0.1, 0.15) is 5.84 Å². The van der Waals surface area contributed by atoms with Gasteiger partial charge in [-0.1, -0.05) is 11.6 Å². The summed E-state index contributed by atoms with van der Waals surface area (Å²) in [6.45, 7) is 0.862. The van der Waals surface area contributed by atoms with Crippen LogP contribution in [0.3, 0.4) is 0 Å². The number of rotatable bonds is 1. The quantitative estimate of drug-likeness (QED) is 0.867. The van der Waals surface area contributed by atoms with Crippen molar-refractivity contribution in [2.45, 2.75) is 25.7 Å². The molecule has 1 aromatic carbocycles. The van der Waals surface area contributed by atoms with Crippen LogP contribution in [0.4, 0.5) is 5.69 Å². The number of fused-ring (bicyclic) bond motifs is 1. The highest BCUT2D eigenvalue weighted by Crippen LogP contribution is 2.32. The summed E-state index contributed by atoms with van der Waals surface area (Å²) in [5.74, 6) is 1.03. The second-order valence-corrected chi connectivity index (χ2v) is 6.15. The van der Waals surface area contributed by atoms with Gasteiger partial charge in [0.05, 0.1) is 23.3 Å². The van der Waals surface area contributed by atoms with Gasteiger partial charge in [0.15, 0.2) is 0 Å². The number of aryl methyl sites for hydroxylation is 1. The number of benzene rings is 1. The largest absolute Gasteiger partial charge is 0.340 e. The van der Waals surface area contributed by atoms with Crippen LogP contribution in [0.5, 0.6) is 0 Å². The van der Waals surface area contributed by atoms with E-state index in [1.165, 1.54) is 30.4 Å². The summed E-state index contributed by atoms with van der Waals surface area (Å²) < 4.78 is 1.80. The average Bonchev–Trinajstić information content (AvgIpc) is 3.04. The minimum absolute atomic E-state index is 0.714. The molecular formula is C16H17ClN4. The lowest BCUT2D eigenvalue weighted by atomic mass is 9.93. The Kier molecular flexibility index (Phi) is 3.00. The van der Waals surface area contributed by atoms with Gasteiger partial charge in [0, 0.05) is 18.1 Å². The molecule has 2 heterocycles. The normalized spacial score (nSPS) is 18.1. The van der Waals surface area contributed by atoms with Crippen molar-refractivity contribution in [3.63, 3.8) is 0 Å². The Hall–Kier alpha value is -1.81. The van der Waals surface area contributed by atoms with Crippen molar-refractivity contribution in [2.24, 2.45) is 12.0 Å². The molecule has 1 N–H and O–H groups in total. The van der Waals surface area contributed by atoms with E-state index in [0.717, 1.165) is 35.4 Å². The summed E-state index contributed by atoms with van der Waals surface area (Å²) in [5, 5.41) is 9.47. The number of hydrogen-bond donors (Lipinski definition) is 1. The highest BCUT2D eigenvalue weighted by atomic mass is 35.5. The van der Waals surface area contributed by atoms with E-state index >= 15 is 0 Å². The van der Waals surface area contributed by atoms with Crippen LogP contribution in [0.2, 0.25) is 5.02 Å². The Morgan fingerprint density at radius 3 is 3.00 bits per heavy atom.